The van der Waals surface area contributed by atoms with Crippen LogP contribution in [0.3, 0.4) is 0 Å². The Balaban J connectivity index is 3.21. The maximum Gasteiger partial charge on any atom is 0.335 e. The molecule has 0 heterocycles. The summed E-state index contributed by atoms with van der Waals surface area (Å²) >= 11 is 0. The van der Waals surface area contributed by atoms with Crippen molar-refractivity contribution in [3.8, 4) is 11.5 Å². The van der Waals surface area contributed by atoms with Gasteiger partial charge in [-0.2, -0.15) is 0 Å². The first kappa shape index (κ1) is 13.4. The summed E-state index contributed by atoms with van der Waals surface area (Å²) in [6, 6.07) is 3.13. The number of benzene rings is 1. The van der Waals surface area contributed by atoms with Gasteiger partial charge in [0, 0.05) is 0 Å². The highest BCUT2D eigenvalue weighted by Crippen LogP contribution is 2.33. The van der Waals surface area contributed by atoms with Crippen molar-refractivity contribution in [2.24, 2.45) is 0 Å². The van der Waals surface area contributed by atoms with Crippen molar-refractivity contribution in [2.45, 2.75) is 26.2 Å². The highest BCUT2D eigenvalue weighted by atomic mass is 16.5. The highest BCUT2D eigenvalue weighted by Gasteiger charge is 2.15. The molecule has 1 N–H and O–H groups in total. The van der Waals surface area contributed by atoms with Gasteiger partial charge >= 0.3 is 5.97 Å². The van der Waals surface area contributed by atoms with Crippen LogP contribution in [0.5, 0.6) is 11.5 Å². The number of carbonyl (C=O) groups is 1. The van der Waals surface area contributed by atoms with E-state index in [1.54, 1.807) is 13.2 Å². The summed E-state index contributed by atoms with van der Waals surface area (Å²) in [6.07, 6.45) is 2.82. The van der Waals surface area contributed by atoms with E-state index >= 15 is 0 Å². The predicted molar refractivity (Wildman–Crippen MR) is 65.1 cm³/mol. The van der Waals surface area contributed by atoms with E-state index in [2.05, 4.69) is 6.92 Å². The van der Waals surface area contributed by atoms with Crippen molar-refractivity contribution in [2.75, 3.05) is 14.2 Å². The third-order valence-corrected chi connectivity index (χ3v) is 2.60. The van der Waals surface area contributed by atoms with E-state index in [0.29, 0.717) is 11.5 Å². The van der Waals surface area contributed by atoms with Crippen LogP contribution in [-0.4, -0.2) is 25.3 Å². The molecule has 0 radical (unpaired) electrons. The Bertz CT molecular complexity index is 399. The predicted octanol–water partition coefficient (Wildman–Crippen LogP) is 2.74. The molecule has 0 saturated carbocycles. The number of methoxy groups -OCH3 is 2. The van der Waals surface area contributed by atoms with Crippen LogP contribution >= 0.6 is 0 Å². The maximum atomic E-state index is 11.0. The SMILES string of the molecule is CCCCc1cc(C(=O)O)cc(OC)c1OC. The van der Waals surface area contributed by atoms with Gasteiger partial charge in [0.25, 0.3) is 0 Å². The number of carboxylic acids is 1. The average molecular weight is 238 g/mol. The van der Waals surface area contributed by atoms with E-state index in [9.17, 15) is 4.79 Å². The van der Waals surface area contributed by atoms with Gasteiger partial charge in [0.1, 0.15) is 0 Å². The van der Waals surface area contributed by atoms with Gasteiger partial charge in [-0.25, -0.2) is 4.79 Å². The molecule has 0 aliphatic carbocycles. The topological polar surface area (TPSA) is 55.8 Å². The quantitative estimate of drug-likeness (QED) is 0.828. The molecule has 1 rings (SSSR count). The summed E-state index contributed by atoms with van der Waals surface area (Å²) in [5.41, 5.74) is 1.11. The number of aromatic carboxylic acids is 1. The monoisotopic (exact) mass is 238 g/mol. The van der Waals surface area contributed by atoms with Crippen LogP contribution in [0, 0.1) is 0 Å². The number of rotatable bonds is 6. The second kappa shape index (κ2) is 6.13. The van der Waals surface area contributed by atoms with Gasteiger partial charge in [-0.05, 0) is 30.5 Å². The number of ether oxygens (including phenoxy) is 2. The van der Waals surface area contributed by atoms with Crippen LogP contribution in [0.4, 0.5) is 0 Å². The largest absolute Gasteiger partial charge is 0.493 e. The van der Waals surface area contributed by atoms with Gasteiger partial charge in [-0.1, -0.05) is 13.3 Å². The highest BCUT2D eigenvalue weighted by molar-refractivity contribution is 5.89. The number of hydrogen-bond donors (Lipinski definition) is 1. The Morgan fingerprint density at radius 1 is 1.29 bits per heavy atom. The van der Waals surface area contributed by atoms with E-state index < -0.39 is 5.97 Å². The Kier molecular flexibility index (Phi) is 4.82. The van der Waals surface area contributed by atoms with E-state index in [1.165, 1.54) is 13.2 Å². The standard InChI is InChI=1S/C13H18O4/c1-4-5-6-9-7-10(13(14)15)8-11(16-2)12(9)17-3/h7-8H,4-6H2,1-3H3,(H,14,15). The van der Waals surface area contributed by atoms with E-state index in [4.69, 9.17) is 14.6 Å². The molecule has 4 nitrogen and oxygen atoms in total. The maximum absolute atomic E-state index is 11.0. The Morgan fingerprint density at radius 3 is 2.47 bits per heavy atom. The molecule has 1 aromatic rings. The van der Waals surface area contributed by atoms with Crippen LogP contribution in [0.15, 0.2) is 12.1 Å². The van der Waals surface area contributed by atoms with E-state index in [0.717, 1.165) is 24.8 Å². The average Bonchev–Trinajstić information content (AvgIpc) is 2.34. The fourth-order valence-corrected chi connectivity index (χ4v) is 1.72. The summed E-state index contributed by atoms with van der Waals surface area (Å²) < 4.78 is 10.4. The summed E-state index contributed by atoms with van der Waals surface area (Å²) in [5, 5.41) is 9.02. The molecule has 4 heteroatoms. The van der Waals surface area contributed by atoms with E-state index in [-0.39, 0.29) is 5.56 Å². The lowest BCUT2D eigenvalue weighted by Crippen LogP contribution is -2.02. The van der Waals surface area contributed by atoms with Crippen LogP contribution < -0.4 is 9.47 Å². The molecule has 0 atom stereocenters. The van der Waals surface area contributed by atoms with Crippen molar-refractivity contribution in [1.82, 2.24) is 0 Å². The number of unbranched alkanes of at least 4 members (excludes halogenated alkanes) is 1. The lowest BCUT2D eigenvalue weighted by molar-refractivity contribution is 0.0696. The second-order valence-electron chi connectivity index (χ2n) is 3.78. The third kappa shape index (κ3) is 3.12. The van der Waals surface area contributed by atoms with Crippen LogP contribution in [0.2, 0.25) is 0 Å². The zero-order chi connectivity index (χ0) is 12.8. The molecule has 0 amide bonds. The minimum absolute atomic E-state index is 0.230. The van der Waals surface area contributed by atoms with Gasteiger partial charge in [0.2, 0.25) is 0 Å². The molecule has 0 aliphatic rings. The molecule has 0 aliphatic heterocycles. The first-order chi connectivity index (χ1) is 8.13. The minimum atomic E-state index is -0.955. The molecule has 0 saturated heterocycles. The van der Waals surface area contributed by atoms with Crippen LogP contribution in [-0.2, 0) is 6.42 Å². The summed E-state index contributed by atoms with van der Waals surface area (Å²) in [4.78, 5) is 11.0. The molecule has 0 unspecified atom stereocenters. The van der Waals surface area contributed by atoms with Gasteiger partial charge in [-0.3, -0.25) is 0 Å². The Labute approximate surface area is 101 Å². The smallest absolute Gasteiger partial charge is 0.335 e. The Hall–Kier alpha value is -1.71. The third-order valence-electron chi connectivity index (χ3n) is 2.60. The summed E-state index contributed by atoms with van der Waals surface area (Å²) in [7, 11) is 3.07. The first-order valence-electron chi connectivity index (χ1n) is 5.62. The number of aryl methyl sites for hydroxylation is 1. The number of carboxylic acid groups (broad SMARTS) is 1. The lowest BCUT2D eigenvalue weighted by atomic mass is 10.0. The molecule has 0 fully saturated rings. The molecule has 17 heavy (non-hydrogen) atoms. The van der Waals surface area contributed by atoms with Gasteiger partial charge < -0.3 is 14.6 Å². The zero-order valence-corrected chi connectivity index (χ0v) is 10.4. The van der Waals surface area contributed by atoms with Crippen molar-refractivity contribution >= 4 is 5.97 Å². The summed E-state index contributed by atoms with van der Waals surface area (Å²) in [5.74, 6) is 0.146. The first-order valence-corrected chi connectivity index (χ1v) is 5.62. The van der Waals surface area contributed by atoms with Crippen molar-refractivity contribution in [3.63, 3.8) is 0 Å². The minimum Gasteiger partial charge on any atom is -0.493 e. The van der Waals surface area contributed by atoms with Gasteiger partial charge in [0.05, 0.1) is 19.8 Å². The zero-order valence-electron chi connectivity index (χ0n) is 10.4. The normalized spacial score (nSPS) is 10.1. The molecule has 0 spiro atoms. The van der Waals surface area contributed by atoms with Crippen LogP contribution in [0.1, 0.15) is 35.7 Å². The second-order valence-corrected chi connectivity index (χ2v) is 3.78. The Morgan fingerprint density at radius 2 is 2.00 bits per heavy atom. The van der Waals surface area contributed by atoms with Gasteiger partial charge in [0.15, 0.2) is 11.5 Å². The fraction of sp³-hybridized carbons (Fsp3) is 0.462. The summed E-state index contributed by atoms with van der Waals surface area (Å²) in [6.45, 7) is 2.09. The van der Waals surface area contributed by atoms with Gasteiger partial charge in [-0.15, -0.1) is 0 Å². The van der Waals surface area contributed by atoms with Crippen molar-refractivity contribution < 1.29 is 19.4 Å². The molecule has 1 aromatic carbocycles. The molecular weight excluding hydrogens is 220 g/mol. The van der Waals surface area contributed by atoms with Crippen molar-refractivity contribution in [3.05, 3.63) is 23.3 Å². The van der Waals surface area contributed by atoms with E-state index in [1.807, 2.05) is 0 Å². The van der Waals surface area contributed by atoms with Crippen molar-refractivity contribution in [1.29, 1.82) is 0 Å². The number of hydrogen-bond acceptors (Lipinski definition) is 3. The molecule has 0 bridgehead atoms. The van der Waals surface area contributed by atoms with Crippen LogP contribution in [0.25, 0.3) is 0 Å². The fourth-order valence-electron chi connectivity index (χ4n) is 1.72. The molecule has 0 aromatic heterocycles. The molecular formula is C13H18O4. The molecule has 94 valence electrons. The lowest BCUT2D eigenvalue weighted by Gasteiger charge is -2.13.